The lowest BCUT2D eigenvalue weighted by molar-refractivity contribution is -0.131. The number of nitrogens with zero attached hydrogens (tertiary/aromatic N) is 3. The maximum Gasteiger partial charge on any atom is 0.328 e. The summed E-state index contributed by atoms with van der Waals surface area (Å²) < 4.78 is 1.62. The van der Waals surface area contributed by atoms with Crippen LogP contribution >= 0.6 is 11.6 Å². The predicted octanol–water partition coefficient (Wildman–Crippen LogP) is 3.15. The Bertz CT molecular complexity index is 838. The van der Waals surface area contributed by atoms with E-state index in [1.54, 1.807) is 35.1 Å². The topological polar surface area (TPSA) is 67.5 Å². The molecule has 21 heavy (non-hydrogen) atoms. The highest BCUT2D eigenvalue weighted by Crippen LogP contribution is 2.27. The van der Waals surface area contributed by atoms with Crippen LogP contribution in [0.5, 0.6) is 0 Å². The highest BCUT2D eigenvalue weighted by Gasteiger charge is 2.13. The molecule has 0 spiro atoms. The molecule has 0 unspecified atom stereocenters. The minimum absolute atomic E-state index is 0.597. The van der Waals surface area contributed by atoms with Crippen LogP contribution in [0.4, 0.5) is 0 Å². The van der Waals surface area contributed by atoms with Gasteiger partial charge in [-0.1, -0.05) is 23.7 Å². The van der Waals surface area contributed by atoms with Gasteiger partial charge in [0.25, 0.3) is 0 Å². The van der Waals surface area contributed by atoms with E-state index >= 15 is 0 Å². The zero-order chi connectivity index (χ0) is 14.8. The molecule has 0 aliphatic carbocycles. The molecule has 2 aromatic heterocycles. The lowest BCUT2D eigenvalue weighted by Crippen LogP contribution is -1.88. The monoisotopic (exact) mass is 299 g/mol. The molecule has 5 nitrogen and oxygen atoms in total. The molecule has 0 radical (unpaired) electrons. The Balaban J connectivity index is 2.23. The lowest BCUT2D eigenvalue weighted by atomic mass is 10.1. The molecule has 0 saturated heterocycles. The largest absolute Gasteiger partial charge is 0.478 e. The number of carboxylic acids is 1. The molecule has 1 N–H and O–H groups in total. The Morgan fingerprint density at radius 3 is 2.76 bits per heavy atom. The standard InChI is InChI=1S/C15H10ClN3O2/c16-11-4-2-10(3-5-11)14-12(6-7-13(20)21)15-17-8-1-9-19(15)18-14/h1-9H,(H,20,21)/b7-6+. The summed E-state index contributed by atoms with van der Waals surface area (Å²) in [4.78, 5) is 15.0. The van der Waals surface area contributed by atoms with Gasteiger partial charge in [-0.3, -0.25) is 0 Å². The van der Waals surface area contributed by atoms with Gasteiger partial charge in [0.2, 0.25) is 0 Å². The fourth-order valence-corrected chi connectivity index (χ4v) is 2.16. The minimum atomic E-state index is -1.02. The molecule has 0 bridgehead atoms. The van der Waals surface area contributed by atoms with Crippen molar-refractivity contribution in [2.75, 3.05) is 0 Å². The summed E-state index contributed by atoms with van der Waals surface area (Å²) in [5.74, 6) is -1.02. The van der Waals surface area contributed by atoms with Gasteiger partial charge < -0.3 is 5.11 Å². The van der Waals surface area contributed by atoms with E-state index < -0.39 is 5.97 Å². The van der Waals surface area contributed by atoms with Crippen LogP contribution in [-0.2, 0) is 4.79 Å². The van der Waals surface area contributed by atoms with Gasteiger partial charge >= 0.3 is 5.97 Å². The van der Waals surface area contributed by atoms with Crippen molar-refractivity contribution in [2.45, 2.75) is 0 Å². The number of fused-ring (bicyclic) bond motifs is 1. The minimum Gasteiger partial charge on any atom is -0.478 e. The Hall–Kier alpha value is -2.66. The number of carbonyl (C=O) groups is 1. The first-order valence-electron chi connectivity index (χ1n) is 6.15. The van der Waals surface area contributed by atoms with E-state index in [9.17, 15) is 4.79 Å². The van der Waals surface area contributed by atoms with Gasteiger partial charge in [-0.05, 0) is 24.3 Å². The summed E-state index contributed by atoms with van der Waals surface area (Å²) in [5.41, 5.74) is 2.75. The van der Waals surface area contributed by atoms with Gasteiger partial charge in [-0.15, -0.1) is 0 Å². The number of carboxylic acid groups (broad SMARTS) is 1. The second-order valence-electron chi connectivity index (χ2n) is 4.33. The molecule has 0 aliphatic heterocycles. The molecule has 3 rings (SSSR count). The van der Waals surface area contributed by atoms with E-state index in [0.29, 0.717) is 21.9 Å². The highest BCUT2D eigenvalue weighted by atomic mass is 35.5. The van der Waals surface area contributed by atoms with Gasteiger partial charge in [0.05, 0.1) is 0 Å². The van der Waals surface area contributed by atoms with Crippen LogP contribution < -0.4 is 0 Å². The Morgan fingerprint density at radius 2 is 2.05 bits per heavy atom. The van der Waals surface area contributed by atoms with Crippen LogP contribution in [0.3, 0.4) is 0 Å². The van der Waals surface area contributed by atoms with Crippen molar-refractivity contribution in [2.24, 2.45) is 0 Å². The first kappa shape index (κ1) is 13.3. The summed E-state index contributed by atoms with van der Waals surface area (Å²) in [6.07, 6.45) is 5.98. The van der Waals surface area contributed by atoms with Gasteiger partial charge in [0.15, 0.2) is 5.65 Å². The van der Waals surface area contributed by atoms with Crippen molar-refractivity contribution in [1.29, 1.82) is 0 Å². The molecule has 0 aliphatic rings. The number of halogens is 1. The third-order valence-electron chi connectivity index (χ3n) is 2.94. The van der Waals surface area contributed by atoms with Crippen LogP contribution in [0.25, 0.3) is 23.0 Å². The molecule has 2 heterocycles. The first-order valence-corrected chi connectivity index (χ1v) is 6.53. The quantitative estimate of drug-likeness (QED) is 0.754. The number of rotatable bonds is 3. The summed E-state index contributed by atoms with van der Waals surface area (Å²) in [5, 5.41) is 13.9. The molecule has 0 saturated carbocycles. The van der Waals surface area contributed by atoms with Gasteiger partial charge in [-0.25, -0.2) is 14.3 Å². The molecule has 104 valence electrons. The van der Waals surface area contributed by atoms with Crippen LogP contribution in [0.15, 0.2) is 48.8 Å². The number of aliphatic carboxylic acids is 1. The van der Waals surface area contributed by atoms with Gasteiger partial charge in [0, 0.05) is 34.6 Å². The molecular formula is C15H10ClN3O2. The van der Waals surface area contributed by atoms with Crippen molar-refractivity contribution < 1.29 is 9.90 Å². The summed E-state index contributed by atoms with van der Waals surface area (Å²) in [6, 6.07) is 8.96. The van der Waals surface area contributed by atoms with E-state index in [1.165, 1.54) is 6.08 Å². The molecule has 1 aromatic carbocycles. The third-order valence-corrected chi connectivity index (χ3v) is 3.19. The van der Waals surface area contributed by atoms with Crippen molar-refractivity contribution in [1.82, 2.24) is 14.6 Å². The van der Waals surface area contributed by atoms with Crippen LogP contribution in [0.1, 0.15) is 5.56 Å². The molecular weight excluding hydrogens is 290 g/mol. The van der Waals surface area contributed by atoms with E-state index in [2.05, 4.69) is 10.1 Å². The summed E-state index contributed by atoms with van der Waals surface area (Å²) in [6.45, 7) is 0. The Labute approximate surface area is 125 Å². The smallest absolute Gasteiger partial charge is 0.328 e. The van der Waals surface area contributed by atoms with Crippen molar-refractivity contribution in [3.63, 3.8) is 0 Å². The van der Waals surface area contributed by atoms with E-state index in [1.807, 2.05) is 12.1 Å². The normalized spacial score (nSPS) is 11.3. The SMILES string of the molecule is O=C(O)/C=C/c1c(-c2ccc(Cl)cc2)nn2cccnc12. The zero-order valence-electron chi connectivity index (χ0n) is 10.8. The van der Waals surface area contributed by atoms with E-state index in [0.717, 1.165) is 11.6 Å². The molecule has 6 heteroatoms. The Kier molecular flexibility index (Phi) is 3.41. The maximum atomic E-state index is 10.8. The number of benzene rings is 1. The van der Waals surface area contributed by atoms with Gasteiger partial charge in [0.1, 0.15) is 5.69 Å². The number of hydrogen-bond acceptors (Lipinski definition) is 3. The van der Waals surface area contributed by atoms with Crippen LogP contribution in [-0.4, -0.2) is 25.7 Å². The van der Waals surface area contributed by atoms with Crippen LogP contribution in [0.2, 0.25) is 5.02 Å². The highest BCUT2D eigenvalue weighted by molar-refractivity contribution is 6.30. The lowest BCUT2D eigenvalue weighted by Gasteiger charge is -1.98. The average Bonchev–Trinajstić information content (AvgIpc) is 2.84. The molecule has 3 aromatic rings. The first-order chi connectivity index (χ1) is 10.1. The fourth-order valence-electron chi connectivity index (χ4n) is 2.03. The van der Waals surface area contributed by atoms with Gasteiger partial charge in [-0.2, -0.15) is 5.10 Å². The number of aromatic nitrogens is 3. The zero-order valence-corrected chi connectivity index (χ0v) is 11.5. The molecule has 0 atom stereocenters. The molecule has 0 amide bonds. The summed E-state index contributed by atoms with van der Waals surface area (Å²) in [7, 11) is 0. The predicted molar refractivity (Wildman–Crippen MR) is 80.1 cm³/mol. The van der Waals surface area contributed by atoms with E-state index in [-0.39, 0.29) is 0 Å². The third kappa shape index (κ3) is 2.64. The van der Waals surface area contributed by atoms with Crippen LogP contribution in [0, 0.1) is 0 Å². The molecule has 0 fully saturated rings. The second-order valence-corrected chi connectivity index (χ2v) is 4.77. The van der Waals surface area contributed by atoms with E-state index in [4.69, 9.17) is 16.7 Å². The van der Waals surface area contributed by atoms with Crippen molar-refractivity contribution >= 4 is 29.3 Å². The Morgan fingerprint density at radius 1 is 1.29 bits per heavy atom. The maximum absolute atomic E-state index is 10.8. The van der Waals surface area contributed by atoms with Crippen molar-refractivity contribution in [3.8, 4) is 11.3 Å². The van der Waals surface area contributed by atoms with Crippen molar-refractivity contribution in [3.05, 3.63) is 59.4 Å². The number of hydrogen-bond donors (Lipinski definition) is 1. The average molecular weight is 300 g/mol. The second kappa shape index (κ2) is 5.38. The summed E-state index contributed by atoms with van der Waals surface area (Å²) >= 11 is 5.89. The fraction of sp³-hybridized carbons (Fsp3) is 0.